The fourth-order valence-corrected chi connectivity index (χ4v) is 2.76. The van der Waals surface area contributed by atoms with E-state index >= 15 is 0 Å². The summed E-state index contributed by atoms with van der Waals surface area (Å²) in [6, 6.07) is -5.85. The van der Waals surface area contributed by atoms with E-state index in [1.165, 1.54) is 0 Å². The number of hydrogen-bond donors (Lipinski definition) is 8. The van der Waals surface area contributed by atoms with Crippen LogP contribution in [0.4, 0.5) is 0 Å². The van der Waals surface area contributed by atoms with E-state index in [-0.39, 0.29) is 25.2 Å². The number of carbonyl (C=O) groups excluding carboxylic acids is 5. The molecule has 0 radical (unpaired) electrons. The van der Waals surface area contributed by atoms with Crippen LogP contribution < -0.4 is 33.2 Å². The highest BCUT2D eigenvalue weighted by atomic mass is 16.4. The molecule has 192 valence electrons. The number of aliphatic carboxylic acids is 2. The maximum atomic E-state index is 12.7. The molecule has 0 aromatic rings. The van der Waals surface area contributed by atoms with Gasteiger partial charge < -0.3 is 43.4 Å². The van der Waals surface area contributed by atoms with Gasteiger partial charge in [0.1, 0.15) is 18.1 Å². The minimum Gasteiger partial charge on any atom is -0.481 e. The number of primary amides is 2. The summed E-state index contributed by atoms with van der Waals surface area (Å²) in [5.74, 6) is -7.66. The lowest BCUT2D eigenvalue weighted by Crippen LogP contribution is -2.58. The quantitative estimate of drug-likeness (QED) is 0.106. The van der Waals surface area contributed by atoms with Crippen molar-refractivity contribution < 1.29 is 43.8 Å². The van der Waals surface area contributed by atoms with Gasteiger partial charge in [0.2, 0.25) is 29.5 Å². The molecule has 0 saturated carbocycles. The van der Waals surface area contributed by atoms with Crippen molar-refractivity contribution in [3.8, 4) is 0 Å². The molecule has 0 aliphatic rings. The molecule has 34 heavy (non-hydrogen) atoms. The maximum Gasteiger partial charge on any atom is 0.326 e. The number of carboxylic acid groups (broad SMARTS) is 2. The zero-order valence-electron chi connectivity index (χ0n) is 18.9. The molecular weight excluding hydrogens is 456 g/mol. The van der Waals surface area contributed by atoms with Gasteiger partial charge in [-0.3, -0.25) is 28.8 Å². The molecule has 0 aromatic heterocycles. The molecule has 0 fully saturated rings. The van der Waals surface area contributed by atoms with Crippen molar-refractivity contribution in [2.24, 2.45) is 23.1 Å². The first-order valence-corrected chi connectivity index (χ1v) is 10.3. The highest BCUT2D eigenvalue weighted by molar-refractivity contribution is 5.96. The molecule has 4 unspecified atom stereocenters. The Hall–Kier alpha value is -3.75. The van der Waals surface area contributed by atoms with Crippen LogP contribution in [-0.2, 0) is 33.6 Å². The van der Waals surface area contributed by atoms with Crippen molar-refractivity contribution in [1.29, 1.82) is 0 Å². The highest BCUT2D eigenvalue weighted by Gasteiger charge is 2.32. The summed E-state index contributed by atoms with van der Waals surface area (Å²) in [7, 11) is 0. The van der Waals surface area contributed by atoms with E-state index < -0.39 is 78.5 Å². The van der Waals surface area contributed by atoms with Gasteiger partial charge in [0.25, 0.3) is 0 Å². The van der Waals surface area contributed by atoms with Crippen molar-refractivity contribution in [3.63, 3.8) is 0 Å². The molecule has 11 N–H and O–H groups in total. The normalized spacial score (nSPS) is 14.2. The number of hydrogen-bond acceptors (Lipinski definition) is 8. The summed E-state index contributed by atoms with van der Waals surface area (Å²) in [6.07, 6.45) is -1.97. The van der Waals surface area contributed by atoms with E-state index in [2.05, 4.69) is 16.0 Å². The summed E-state index contributed by atoms with van der Waals surface area (Å²) in [4.78, 5) is 82.0. The van der Waals surface area contributed by atoms with Gasteiger partial charge >= 0.3 is 11.9 Å². The van der Waals surface area contributed by atoms with Crippen molar-refractivity contribution >= 4 is 41.5 Å². The Labute approximate surface area is 195 Å². The molecule has 15 nitrogen and oxygen atoms in total. The first-order chi connectivity index (χ1) is 15.6. The van der Waals surface area contributed by atoms with Crippen molar-refractivity contribution in [2.45, 2.75) is 70.1 Å². The first-order valence-electron chi connectivity index (χ1n) is 10.3. The Bertz CT molecular complexity index is 801. The van der Waals surface area contributed by atoms with E-state index in [1.54, 1.807) is 13.8 Å². The van der Waals surface area contributed by atoms with Crippen molar-refractivity contribution in [1.82, 2.24) is 16.0 Å². The summed E-state index contributed by atoms with van der Waals surface area (Å²) < 4.78 is 0. The van der Waals surface area contributed by atoms with Gasteiger partial charge in [-0.1, -0.05) is 13.8 Å². The van der Waals surface area contributed by atoms with Gasteiger partial charge in [-0.2, -0.15) is 0 Å². The maximum absolute atomic E-state index is 12.7. The van der Waals surface area contributed by atoms with Crippen molar-refractivity contribution in [2.75, 3.05) is 0 Å². The van der Waals surface area contributed by atoms with Gasteiger partial charge in [0, 0.05) is 6.42 Å². The first kappa shape index (κ1) is 30.2. The van der Waals surface area contributed by atoms with E-state index in [9.17, 15) is 38.7 Å². The van der Waals surface area contributed by atoms with Gasteiger partial charge in [0.05, 0.1) is 18.9 Å². The molecule has 0 aromatic carbocycles. The van der Waals surface area contributed by atoms with Crippen LogP contribution >= 0.6 is 0 Å². The average molecular weight is 488 g/mol. The zero-order valence-corrected chi connectivity index (χ0v) is 18.9. The zero-order chi connectivity index (χ0) is 26.6. The van der Waals surface area contributed by atoms with Gasteiger partial charge in [-0.15, -0.1) is 0 Å². The van der Waals surface area contributed by atoms with Crippen LogP contribution in [0.25, 0.3) is 0 Å². The Kier molecular flexibility index (Phi) is 12.8. The Morgan fingerprint density at radius 3 is 1.68 bits per heavy atom. The second kappa shape index (κ2) is 14.4. The third-order valence-corrected chi connectivity index (χ3v) is 4.40. The van der Waals surface area contributed by atoms with Crippen molar-refractivity contribution in [3.05, 3.63) is 0 Å². The third-order valence-electron chi connectivity index (χ3n) is 4.40. The summed E-state index contributed by atoms with van der Waals surface area (Å²) in [5.41, 5.74) is 15.5. The average Bonchev–Trinajstić information content (AvgIpc) is 2.68. The van der Waals surface area contributed by atoms with Crippen LogP contribution in [0, 0.1) is 5.92 Å². The largest absolute Gasteiger partial charge is 0.481 e. The standard InChI is InChI=1S/C19H32N6O9/c1-8(2)5-11(17(31)23-10(19(33)34)3-4-13(21)26)25-18(32)12(7-15(28)29)24-16(30)9(20)6-14(22)27/h8-12H,3-7,20H2,1-2H3,(H2,21,26)(H2,22,27)(H,23,31)(H,24,30)(H,25,32)(H,28,29)(H,33,34). The molecule has 0 rings (SSSR count). The van der Waals surface area contributed by atoms with Crippen LogP contribution in [0.3, 0.4) is 0 Å². The highest BCUT2D eigenvalue weighted by Crippen LogP contribution is 2.08. The van der Waals surface area contributed by atoms with E-state index in [0.29, 0.717) is 0 Å². The molecule has 0 heterocycles. The van der Waals surface area contributed by atoms with Gasteiger partial charge in [0.15, 0.2) is 0 Å². The minimum atomic E-state index is -1.66. The van der Waals surface area contributed by atoms with Crippen LogP contribution in [0.5, 0.6) is 0 Å². The fourth-order valence-electron chi connectivity index (χ4n) is 2.76. The van der Waals surface area contributed by atoms with Gasteiger partial charge in [-0.05, 0) is 18.8 Å². The number of nitrogens with two attached hydrogens (primary N) is 3. The van der Waals surface area contributed by atoms with Crippen LogP contribution in [0.15, 0.2) is 0 Å². The number of nitrogens with one attached hydrogen (secondary N) is 3. The predicted octanol–water partition coefficient (Wildman–Crippen LogP) is -3.49. The molecule has 0 aliphatic heterocycles. The van der Waals surface area contributed by atoms with Crippen LogP contribution in [0.2, 0.25) is 0 Å². The van der Waals surface area contributed by atoms with E-state index in [1.807, 2.05) is 0 Å². The molecular formula is C19H32N6O9. The monoisotopic (exact) mass is 488 g/mol. The Morgan fingerprint density at radius 1 is 0.735 bits per heavy atom. The van der Waals surface area contributed by atoms with E-state index in [0.717, 1.165) is 0 Å². The number of rotatable bonds is 16. The SMILES string of the molecule is CC(C)CC(NC(=O)C(CC(=O)O)NC(=O)C(N)CC(N)=O)C(=O)NC(CCC(N)=O)C(=O)O. The lowest BCUT2D eigenvalue weighted by molar-refractivity contribution is -0.143. The molecule has 15 heteroatoms. The van der Waals surface area contributed by atoms with Gasteiger partial charge in [-0.25, -0.2) is 4.79 Å². The molecule has 5 amide bonds. The molecule has 4 atom stereocenters. The third kappa shape index (κ3) is 12.3. The summed E-state index contributed by atoms with van der Waals surface area (Å²) in [5, 5.41) is 25.0. The van der Waals surface area contributed by atoms with Crippen LogP contribution in [-0.4, -0.2) is 75.9 Å². The Balaban J connectivity index is 5.54. The molecule has 0 aliphatic carbocycles. The Morgan fingerprint density at radius 2 is 1.24 bits per heavy atom. The fraction of sp³-hybridized carbons (Fsp3) is 0.632. The lowest BCUT2D eigenvalue weighted by atomic mass is 10.0. The summed E-state index contributed by atoms with van der Waals surface area (Å²) in [6.45, 7) is 3.43. The second-order valence-electron chi connectivity index (χ2n) is 8.03. The van der Waals surface area contributed by atoms with Crippen LogP contribution in [0.1, 0.15) is 46.0 Å². The molecule has 0 spiro atoms. The smallest absolute Gasteiger partial charge is 0.326 e. The molecule has 0 bridgehead atoms. The summed E-state index contributed by atoms with van der Waals surface area (Å²) >= 11 is 0. The predicted molar refractivity (Wildman–Crippen MR) is 115 cm³/mol. The topological polar surface area (TPSA) is 274 Å². The number of carbonyl (C=O) groups is 7. The second-order valence-corrected chi connectivity index (χ2v) is 8.03. The van der Waals surface area contributed by atoms with E-state index in [4.69, 9.17) is 22.3 Å². The lowest BCUT2D eigenvalue weighted by Gasteiger charge is -2.25. The molecule has 0 saturated heterocycles. The number of carboxylic acids is 2. The number of amides is 5. The minimum absolute atomic E-state index is 0.0364.